The lowest BCUT2D eigenvalue weighted by Gasteiger charge is -2.14. The summed E-state index contributed by atoms with van der Waals surface area (Å²) in [5.74, 6) is -2.81. The lowest BCUT2D eigenvalue weighted by Crippen LogP contribution is -2.29. The summed E-state index contributed by atoms with van der Waals surface area (Å²) in [7, 11) is 0. The number of hydrogen-bond donors (Lipinski definition) is 2. The molecule has 0 saturated carbocycles. The molecule has 0 saturated heterocycles. The van der Waals surface area contributed by atoms with Crippen LogP contribution in [0.3, 0.4) is 0 Å². The SMILES string of the molecule is O=C(NCC(O)c1c(F)cccc1F)c1cccc(OC(F)F)c1. The molecular weight excluding hydrogens is 330 g/mol. The molecule has 1 unspecified atom stereocenters. The maximum absolute atomic E-state index is 13.5. The molecule has 0 spiro atoms. The predicted octanol–water partition coefficient (Wildman–Crippen LogP) is 3.03. The molecule has 1 atom stereocenters. The number of alkyl halides is 2. The first-order valence-corrected chi connectivity index (χ1v) is 6.83. The maximum atomic E-state index is 13.5. The zero-order valence-corrected chi connectivity index (χ0v) is 12.2. The molecule has 4 nitrogen and oxygen atoms in total. The van der Waals surface area contributed by atoms with Crippen molar-refractivity contribution in [3.05, 3.63) is 65.2 Å². The minimum Gasteiger partial charge on any atom is -0.435 e. The Hall–Kier alpha value is -2.61. The summed E-state index contributed by atoms with van der Waals surface area (Å²) in [6.07, 6.45) is -1.60. The van der Waals surface area contributed by atoms with E-state index in [-0.39, 0.29) is 11.3 Å². The quantitative estimate of drug-likeness (QED) is 0.793. The summed E-state index contributed by atoms with van der Waals surface area (Å²) in [6.45, 7) is -3.49. The summed E-state index contributed by atoms with van der Waals surface area (Å²) in [4.78, 5) is 11.9. The van der Waals surface area contributed by atoms with Crippen molar-refractivity contribution in [2.75, 3.05) is 6.54 Å². The number of amides is 1. The van der Waals surface area contributed by atoms with Gasteiger partial charge in [0.05, 0.1) is 5.56 Å². The number of benzene rings is 2. The zero-order chi connectivity index (χ0) is 17.7. The highest BCUT2D eigenvalue weighted by molar-refractivity contribution is 5.94. The Morgan fingerprint density at radius 1 is 1.12 bits per heavy atom. The van der Waals surface area contributed by atoms with Crippen molar-refractivity contribution in [2.24, 2.45) is 0 Å². The predicted molar refractivity (Wildman–Crippen MR) is 76.7 cm³/mol. The minimum absolute atomic E-state index is 0.00523. The van der Waals surface area contributed by atoms with Crippen molar-refractivity contribution in [1.82, 2.24) is 5.32 Å². The maximum Gasteiger partial charge on any atom is 0.387 e. The van der Waals surface area contributed by atoms with Gasteiger partial charge < -0.3 is 15.2 Å². The number of nitrogens with one attached hydrogen (secondary N) is 1. The van der Waals surface area contributed by atoms with E-state index in [1.165, 1.54) is 18.2 Å². The Morgan fingerprint density at radius 2 is 1.75 bits per heavy atom. The first-order chi connectivity index (χ1) is 11.4. The van der Waals surface area contributed by atoms with Gasteiger partial charge in [-0.2, -0.15) is 8.78 Å². The summed E-state index contributed by atoms with van der Waals surface area (Å²) in [6, 6.07) is 8.10. The highest BCUT2D eigenvalue weighted by Crippen LogP contribution is 2.20. The largest absolute Gasteiger partial charge is 0.435 e. The van der Waals surface area contributed by atoms with Crippen LogP contribution in [0.25, 0.3) is 0 Å². The second-order valence-electron chi connectivity index (χ2n) is 4.77. The normalized spacial score (nSPS) is 12.1. The number of rotatable bonds is 6. The van der Waals surface area contributed by atoms with Crippen molar-refractivity contribution in [3.63, 3.8) is 0 Å². The van der Waals surface area contributed by atoms with Gasteiger partial charge in [-0.05, 0) is 30.3 Å². The van der Waals surface area contributed by atoms with Crippen LogP contribution >= 0.6 is 0 Å². The Labute approximate surface area is 134 Å². The van der Waals surface area contributed by atoms with E-state index in [0.29, 0.717) is 0 Å². The van der Waals surface area contributed by atoms with Crippen molar-refractivity contribution < 1.29 is 32.2 Å². The van der Waals surface area contributed by atoms with Crippen LogP contribution < -0.4 is 10.1 Å². The monoisotopic (exact) mass is 343 g/mol. The van der Waals surface area contributed by atoms with E-state index >= 15 is 0 Å². The van der Waals surface area contributed by atoms with E-state index in [0.717, 1.165) is 24.3 Å². The van der Waals surface area contributed by atoms with Crippen LogP contribution in [0.4, 0.5) is 17.6 Å². The summed E-state index contributed by atoms with van der Waals surface area (Å²) >= 11 is 0. The average Bonchev–Trinajstić information content (AvgIpc) is 2.52. The molecule has 0 aliphatic heterocycles. The average molecular weight is 343 g/mol. The Morgan fingerprint density at radius 3 is 2.38 bits per heavy atom. The topological polar surface area (TPSA) is 58.6 Å². The van der Waals surface area contributed by atoms with E-state index in [2.05, 4.69) is 10.1 Å². The molecule has 2 aromatic rings. The minimum atomic E-state index is -3.03. The lowest BCUT2D eigenvalue weighted by molar-refractivity contribution is -0.0498. The van der Waals surface area contributed by atoms with Crippen LogP contribution in [0.5, 0.6) is 5.75 Å². The van der Waals surface area contributed by atoms with Gasteiger partial charge in [0.25, 0.3) is 5.91 Å². The van der Waals surface area contributed by atoms with Gasteiger partial charge in [-0.3, -0.25) is 4.79 Å². The molecule has 0 radical (unpaired) electrons. The highest BCUT2D eigenvalue weighted by atomic mass is 19.3. The van der Waals surface area contributed by atoms with Crippen LogP contribution in [0.1, 0.15) is 22.0 Å². The Balaban J connectivity index is 2.03. The van der Waals surface area contributed by atoms with E-state index in [1.54, 1.807) is 0 Å². The fourth-order valence-electron chi connectivity index (χ4n) is 2.04. The first-order valence-electron chi connectivity index (χ1n) is 6.83. The molecule has 2 rings (SSSR count). The number of halogens is 4. The third-order valence-electron chi connectivity index (χ3n) is 3.11. The third kappa shape index (κ3) is 4.45. The number of ether oxygens (including phenoxy) is 1. The Kier molecular flexibility index (Phi) is 5.75. The van der Waals surface area contributed by atoms with Crippen molar-refractivity contribution in [1.29, 1.82) is 0 Å². The number of aliphatic hydroxyl groups excluding tert-OH is 1. The zero-order valence-electron chi connectivity index (χ0n) is 12.2. The molecular formula is C16H13F4NO3. The van der Waals surface area contributed by atoms with Crippen molar-refractivity contribution in [3.8, 4) is 5.75 Å². The molecule has 0 bridgehead atoms. The molecule has 24 heavy (non-hydrogen) atoms. The lowest BCUT2D eigenvalue weighted by atomic mass is 10.1. The van der Waals surface area contributed by atoms with Crippen LogP contribution in [0.2, 0.25) is 0 Å². The Bertz CT molecular complexity index is 704. The van der Waals surface area contributed by atoms with Gasteiger partial charge in [0.15, 0.2) is 0 Å². The number of carbonyl (C=O) groups excluding carboxylic acids is 1. The van der Waals surface area contributed by atoms with Crippen molar-refractivity contribution in [2.45, 2.75) is 12.7 Å². The second-order valence-corrected chi connectivity index (χ2v) is 4.77. The molecule has 128 valence electrons. The van der Waals surface area contributed by atoms with E-state index in [9.17, 15) is 27.5 Å². The van der Waals surface area contributed by atoms with Gasteiger partial charge in [0.2, 0.25) is 0 Å². The van der Waals surface area contributed by atoms with Gasteiger partial charge in [0, 0.05) is 12.1 Å². The second kappa shape index (κ2) is 7.78. The van der Waals surface area contributed by atoms with Crippen LogP contribution in [-0.4, -0.2) is 24.2 Å². The summed E-state index contributed by atoms with van der Waals surface area (Å²) in [5.41, 5.74) is -0.568. The van der Waals surface area contributed by atoms with Crippen LogP contribution in [0, 0.1) is 11.6 Å². The smallest absolute Gasteiger partial charge is 0.387 e. The highest BCUT2D eigenvalue weighted by Gasteiger charge is 2.19. The molecule has 2 N–H and O–H groups in total. The third-order valence-corrected chi connectivity index (χ3v) is 3.11. The molecule has 0 fully saturated rings. The molecule has 0 aromatic heterocycles. The molecule has 0 heterocycles. The number of aliphatic hydroxyl groups is 1. The number of hydrogen-bond acceptors (Lipinski definition) is 3. The van der Waals surface area contributed by atoms with E-state index in [4.69, 9.17) is 0 Å². The fourth-order valence-corrected chi connectivity index (χ4v) is 2.04. The van der Waals surface area contributed by atoms with E-state index in [1.807, 2.05) is 0 Å². The number of carbonyl (C=O) groups is 1. The van der Waals surface area contributed by atoms with Gasteiger partial charge in [-0.1, -0.05) is 12.1 Å². The molecule has 8 heteroatoms. The van der Waals surface area contributed by atoms with Gasteiger partial charge in [0.1, 0.15) is 23.5 Å². The molecule has 2 aromatic carbocycles. The standard InChI is InChI=1S/C16H13F4NO3/c17-11-5-2-6-12(18)14(11)13(22)8-21-15(23)9-3-1-4-10(7-9)24-16(19)20/h1-7,13,16,22H,8H2,(H,21,23). The fraction of sp³-hybridized carbons (Fsp3) is 0.188. The van der Waals surface area contributed by atoms with E-state index < -0.39 is 42.4 Å². The van der Waals surface area contributed by atoms with Gasteiger partial charge in [-0.25, -0.2) is 8.78 Å². The first kappa shape index (κ1) is 17.7. The summed E-state index contributed by atoms with van der Waals surface area (Å²) in [5, 5.41) is 12.1. The van der Waals surface area contributed by atoms with Gasteiger partial charge in [-0.15, -0.1) is 0 Å². The molecule has 0 aliphatic carbocycles. The van der Waals surface area contributed by atoms with Crippen LogP contribution in [-0.2, 0) is 0 Å². The van der Waals surface area contributed by atoms with Crippen LogP contribution in [0.15, 0.2) is 42.5 Å². The van der Waals surface area contributed by atoms with Gasteiger partial charge >= 0.3 is 6.61 Å². The molecule has 1 amide bonds. The van der Waals surface area contributed by atoms with Crippen molar-refractivity contribution >= 4 is 5.91 Å². The summed E-state index contributed by atoms with van der Waals surface area (Å²) < 4.78 is 55.5. The molecule has 0 aliphatic rings.